The maximum absolute atomic E-state index is 12.1. The van der Waals surface area contributed by atoms with Crippen molar-refractivity contribution in [2.24, 2.45) is 10.2 Å². The molecule has 10 heteroatoms. The smallest absolute Gasteiger partial charge is 0.338 e. The maximum Gasteiger partial charge on any atom is 0.338 e. The van der Waals surface area contributed by atoms with Crippen molar-refractivity contribution in [3.8, 4) is 0 Å². The highest BCUT2D eigenvalue weighted by molar-refractivity contribution is 7.89. The van der Waals surface area contributed by atoms with Gasteiger partial charge in [0.05, 0.1) is 16.1 Å². The second kappa shape index (κ2) is 9.71. The van der Waals surface area contributed by atoms with Gasteiger partial charge < -0.3 is 10.1 Å². The van der Waals surface area contributed by atoms with Gasteiger partial charge in [0.15, 0.2) is 6.61 Å². The van der Waals surface area contributed by atoms with E-state index in [1.54, 1.807) is 36.4 Å². The van der Waals surface area contributed by atoms with Gasteiger partial charge in [-0.05, 0) is 55.3 Å². The van der Waals surface area contributed by atoms with Crippen molar-refractivity contribution >= 4 is 33.3 Å². The molecule has 0 saturated heterocycles. The monoisotopic (exact) mass is 444 g/mol. The second-order valence-corrected chi connectivity index (χ2v) is 8.68. The lowest BCUT2D eigenvalue weighted by molar-refractivity contribution is -0.124. The number of esters is 1. The first-order valence-corrected chi connectivity index (χ1v) is 11.2. The number of carbonyl (C=O) groups is 2. The summed E-state index contributed by atoms with van der Waals surface area (Å²) in [6.45, 7) is 2.71. The molecule has 0 spiro atoms. The van der Waals surface area contributed by atoms with Crippen molar-refractivity contribution < 1.29 is 22.7 Å². The fourth-order valence-corrected chi connectivity index (χ4v) is 3.50. The predicted molar refractivity (Wildman–Crippen MR) is 116 cm³/mol. The Morgan fingerprint density at radius 3 is 2.39 bits per heavy atom. The van der Waals surface area contributed by atoms with E-state index in [4.69, 9.17) is 9.88 Å². The number of amides is 1. The summed E-state index contributed by atoms with van der Waals surface area (Å²) >= 11 is 0. The van der Waals surface area contributed by atoms with E-state index in [9.17, 15) is 18.0 Å². The van der Waals surface area contributed by atoms with Crippen molar-refractivity contribution in [2.75, 3.05) is 24.7 Å². The first-order valence-electron chi connectivity index (χ1n) is 9.69. The van der Waals surface area contributed by atoms with Crippen LogP contribution in [0, 0.1) is 0 Å². The summed E-state index contributed by atoms with van der Waals surface area (Å²) in [5.74, 6) is -1.01. The number of rotatable bonds is 8. The van der Waals surface area contributed by atoms with Crippen molar-refractivity contribution in [3.63, 3.8) is 0 Å². The van der Waals surface area contributed by atoms with Crippen LogP contribution in [0.3, 0.4) is 0 Å². The standard InChI is InChI=1S/C21H24N4O5S/c1-15-11-13-25(24-15)18-6-4-17(5-7-18)21(27)30-14-20(26)23-12-10-16-2-8-19(9-3-16)31(22,28)29/h2-9H,10-14H2,1H3,(H,23,26)(H2,22,28,29). The molecule has 0 saturated carbocycles. The van der Waals surface area contributed by atoms with Gasteiger partial charge in [-0.2, -0.15) is 5.10 Å². The Morgan fingerprint density at radius 1 is 1.13 bits per heavy atom. The zero-order valence-electron chi connectivity index (χ0n) is 17.1. The molecular formula is C21H24N4O5S. The molecule has 0 unspecified atom stereocenters. The van der Waals surface area contributed by atoms with E-state index >= 15 is 0 Å². The highest BCUT2D eigenvalue weighted by atomic mass is 32.2. The molecular weight excluding hydrogens is 420 g/mol. The number of carbonyl (C=O) groups excluding carboxylic acids is 2. The fourth-order valence-electron chi connectivity index (χ4n) is 2.99. The van der Waals surface area contributed by atoms with Gasteiger partial charge in [0.2, 0.25) is 10.0 Å². The number of ether oxygens (including phenoxy) is 1. The van der Waals surface area contributed by atoms with Gasteiger partial charge in [-0.3, -0.25) is 9.80 Å². The van der Waals surface area contributed by atoms with Gasteiger partial charge >= 0.3 is 5.97 Å². The third-order valence-electron chi connectivity index (χ3n) is 4.70. The molecule has 3 rings (SSSR count). The SMILES string of the molecule is CC1=NN(c2ccc(C(=O)OCC(=O)NCCc3ccc(S(N)(=O)=O)cc3)cc2)CC1. The number of hydrazone groups is 1. The van der Waals surface area contributed by atoms with E-state index in [0.29, 0.717) is 18.5 Å². The first kappa shape index (κ1) is 22.4. The molecule has 0 aliphatic carbocycles. The molecule has 1 aliphatic heterocycles. The number of hydrogen-bond acceptors (Lipinski definition) is 7. The molecule has 31 heavy (non-hydrogen) atoms. The molecule has 0 aromatic heterocycles. The van der Waals surface area contributed by atoms with Crippen LogP contribution in [0.5, 0.6) is 0 Å². The topological polar surface area (TPSA) is 131 Å². The number of nitrogens with one attached hydrogen (secondary N) is 1. The summed E-state index contributed by atoms with van der Waals surface area (Å²) in [5, 5.41) is 14.0. The van der Waals surface area contributed by atoms with Crippen LogP contribution in [0.25, 0.3) is 0 Å². The summed E-state index contributed by atoms with van der Waals surface area (Å²) in [6, 6.07) is 13.0. The van der Waals surface area contributed by atoms with Gasteiger partial charge in [0.25, 0.3) is 5.91 Å². The second-order valence-electron chi connectivity index (χ2n) is 7.12. The van der Waals surface area contributed by atoms with Crippen LogP contribution in [0.4, 0.5) is 5.69 Å². The van der Waals surface area contributed by atoms with E-state index in [1.165, 1.54) is 12.1 Å². The Balaban J connectivity index is 1.40. The summed E-state index contributed by atoms with van der Waals surface area (Å²) in [7, 11) is -3.73. The van der Waals surface area contributed by atoms with E-state index in [1.807, 2.05) is 11.9 Å². The molecule has 2 aromatic rings. The molecule has 1 aliphatic rings. The maximum atomic E-state index is 12.1. The molecule has 0 fully saturated rings. The van der Waals surface area contributed by atoms with E-state index in [0.717, 1.165) is 29.9 Å². The fraction of sp³-hybridized carbons (Fsp3) is 0.286. The van der Waals surface area contributed by atoms with Gasteiger partial charge in [-0.25, -0.2) is 18.4 Å². The lowest BCUT2D eigenvalue weighted by Gasteiger charge is -2.13. The normalized spacial score (nSPS) is 13.6. The van der Waals surface area contributed by atoms with Crippen LogP contribution in [0.1, 0.15) is 29.3 Å². The van der Waals surface area contributed by atoms with Gasteiger partial charge in [0.1, 0.15) is 0 Å². The summed E-state index contributed by atoms with van der Waals surface area (Å²) in [5.41, 5.74) is 3.15. The highest BCUT2D eigenvalue weighted by Gasteiger charge is 2.15. The summed E-state index contributed by atoms with van der Waals surface area (Å²) in [4.78, 5) is 24.1. The molecule has 0 atom stereocenters. The number of nitrogens with two attached hydrogens (primary N) is 1. The number of hydrogen-bond donors (Lipinski definition) is 2. The van der Waals surface area contributed by atoms with E-state index in [-0.39, 0.29) is 11.5 Å². The summed E-state index contributed by atoms with van der Waals surface area (Å²) < 4.78 is 27.5. The van der Waals surface area contributed by atoms with Crippen molar-refractivity contribution in [1.29, 1.82) is 0 Å². The molecule has 0 radical (unpaired) electrons. The zero-order chi connectivity index (χ0) is 22.4. The lowest BCUT2D eigenvalue weighted by Crippen LogP contribution is -2.30. The quantitative estimate of drug-likeness (QED) is 0.592. The minimum atomic E-state index is -3.73. The Hall–Kier alpha value is -3.24. The van der Waals surface area contributed by atoms with E-state index in [2.05, 4.69) is 10.4 Å². The molecule has 0 bridgehead atoms. The predicted octanol–water partition coefficient (Wildman–Crippen LogP) is 1.44. The van der Waals surface area contributed by atoms with Gasteiger partial charge in [0, 0.05) is 25.2 Å². The van der Waals surface area contributed by atoms with Crippen LogP contribution in [0.2, 0.25) is 0 Å². The van der Waals surface area contributed by atoms with E-state index < -0.39 is 21.9 Å². The Kier molecular flexibility index (Phi) is 7.03. The molecule has 9 nitrogen and oxygen atoms in total. The molecule has 1 heterocycles. The Morgan fingerprint density at radius 2 is 1.81 bits per heavy atom. The largest absolute Gasteiger partial charge is 0.452 e. The Bertz CT molecular complexity index is 1080. The van der Waals surface area contributed by atoms with Gasteiger partial charge in [-0.15, -0.1) is 0 Å². The average molecular weight is 445 g/mol. The third-order valence-corrected chi connectivity index (χ3v) is 5.63. The number of anilines is 1. The summed E-state index contributed by atoms with van der Waals surface area (Å²) in [6.07, 6.45) is 1.41. The van der Waals surface area contributed by atoms with Crippen LogP contribution < -0.4 is 15.5 Å². The minimum Gasteiger partial charge on any atom is -0.452 e. The molecule has 1 amide bonds. The van der Waals surface area contributed by atoms with Crippen LogP contribution in [-0.4, -0.2) is 45.7 Å². The third kappa shape index (κ3) is 6.37. The number of sulfonamides is 1. The Labute approximate surface area is 180 Å². The number of nitrogens with zero attached hydrogens (tertiary/aromatic N) is 2. The zero-order valence-corrected chi connectivity index (χ0v) is 17.9. The molecule has 2 aromatic carbocycles. The lowest BCUT2D eigenvalue weighted by atomic mass is 10.1. The van der Waals surface area contributed by atoms with Crippen molar-refractivity contribution in [1.82, 2.24) is 5.32 Å². The van der Waals surface area contributed by atoms with Crippen LogP contribution >= 0.6 is 0 Å². The molecule has 3 N–H and O–H groups in total. The minimum absolute atomic E-state index is 0.0310. The molecule has 164 valence electrons. The van der Waals surface area contributed by atoms with Crippen LogP contribution in [0.15, 0.2) is 58.5 Å². The highest BCUT2D eigenvalue weighted by Crippen LogP contribution is 2.20. The average Bonchev–Trinajstić information content (AvgIpc) is 3.18. The first-order chi connectivity index (χ1) is 14.7. The number of primary sulfonamides is 1. The number of benzene rings is 2. The van der Waals surface area contributed by atoms with Crippen LogP contribution in [-0.2, 0) is 26.0 Å². The van der Waals surface area contributed by atoms with Crippen molar-refractivity contribution in [3.05, 3.63) is 59.7 Å². The van der Waals surface area contributed by atoms with Crippen molar-refractivity contribution in [2.45, 2.75) is 24.7 Å². The van der Waals surface area contributed by atoms with Gasteiger partial charge in [-0.1, -0.05) is 12.1 Å².